The molecule has 0 bridgehead atoms. The highest BCUT2D eigenvalue weighted by atomic mass is 16.5. The van der Waals surface area contributed by atoms with Crippen LogP contribution < -0.4 is 10.5 Å². The van der Waals surface area contributed by atoms with Crippen molar-refractivity contribution in [3.8, 4) is 6.01 Å². The molecule has 0 radical (unpaired) electrons. The van der Waals surface area contributed by atoms with Gasteiger partial charge in [-0.3, -0.25) is 4.57 Å². The van der Waals surface area contributed by atoms with E-state index in [9.17, 15) is 0 Å². The number of ether oxygens (including phenoxy) is 1. The van der Waals surface area contributed by atoms with Crippen LogP contribution in [0.1, 0.15) is 31.1 Å². The predicted octanol–water partition coefficient (Wildman–Crippen LogP) is 0.513. The van der Waals surface area contributed by atoms with Gasteiger partial charge in [-0.2, -0.15) is 0 Å². The summed E-state index contributed by atoms with van der Waals surface area (Å²) in [4.78, 5) is 0. The van der Waals surface area contributed by atoms with Crippen LogP contribution in [-0.4, -0.2) is 28.4 Å². The largest absolute Gasteiger partial charge is 0.467 e. The normalized spacial score (nSPS) is 16.7. The summed E-state index contributed by atoms with van der Waals surface area (Å²) in [7, 11) is 1.63. The summed E-state index contributed by atoms with van der Waals surface area (Å²) in [6, 6.07) is 1.15. The lowest BCUT2D eigenvalue weighted by atomic mass is 9.93. The van der Waals surface area contributed by atoms with Crippen molar-refractivity contribution in [2.24, 2.45) is 5.73 Å². The van der Waals surface area contributed by atoms with Crippen molar-refractivity contribution in [1.29, 1.82) is 0 Å². The molecular weight excluding hydrogens is 180 g/mol. The van der Waals surface area contributed by atoms with E-state index in [1.807, 2.05) is 0 Å². The molecule has 1 aliphatic carbocycles. The highest BCUT2D eigenvalue weighted by molar-refractivity contribution is 5.05. The monoisotopic (exact) mass is 196 g/mol. The summed E-state index contributed by atoms with van der Waals surface area (Å²) in [5.74, 6) is 0.953. The van der Waals surface area contributed by atoms with E-state index in [4.69, 9.17) is 10.5 Å². The molecule has 2 rings (SSSR count). The van der Waals surface area contributed by atoms with Crippen LogP contribution in [-0.2, 0) is 6.42 Å². The molecule has 5 heteroatoms. The fourth-order valence-corrected chi connectivity index (χ4v) is 1.76. The minimum atomic E-state index is 0.529. The van der Waals surface area contributed by atoms with Crippen molar-refractivity contribution < 1.29 is 4.74 Å². The van der Waals surface area contributed by atoms with Gasteiger partial charge in [0, 0.05) is 12.5 Å². The van der Waals surface area contributed by atoms with Crippen molar-refractivity contribution in [3.63, 3.8) is 0 Å². The molecule has 0 aromatic carbocycles. The fourth-order valence-electron chi connectivity index (χ4n) is 1.76. The van der Waals surface area contributed by atoms with Crippen LogP contribution in [0.2, 0.25) is 0 Å². The summed E-state index contributed by atoms with van der Waals surface area (Å²) in [6.07, 6.45) is 4.46. The molecule has 0 spiro atoms. The molecule has 1 saturated carbocycles. The third-order valence-electron chi connectivity index (χ3n) is 2.73. The lowest BCUT2D eigenvalue weighted by Gasteiger charge is -2.28. The van der Waals surface area contributed by atoms with E-state index < -0.39 is 0 Å². The lowest BCUT2D eigenvalue weighted by molar-refractivity contribution is 0.262. The van der Waals surface area contributed by atoms with E-state index in [2.05, 4.69) is 14.8 Å². The highest BCUT2D eigenvalue weighted by Crippen LogP contribution is 2.35. The zero-order valence-corrected chi connectivity index (χ0v) is 8.44. The molecule has 1 aliphatic rings. The van der Waals surface area contributed by atoms with Gasteiger partial charge in [-0.05, 0) is 25.8 Å². The van der Waals surface area contributed by atoms with Gasteiger partial charge in [-0.1, -0.05) is 5.10 Å². The summed E-state index contributed by atoms with van der Waals surface area (Å²) in [6.45, 7) is 0.606. The first-order valence-electron chi connectivity index (χ1n) is 5.04. The van der Waals surface area contributed by atoms with Crippen molar-refractivity contribution in [1.82, 2.24) is 14.8 Å². The van der Waals surface area contributed by atoms with Crippen LogP contribution in [0.5, 0.6) is 6.01 Å². The molecule has 1 aromatic rings. The van der Waals surface area contributed by atoms with Gasteiger partial charge < -0.3 is 10.5 Å². The van der Waals surface area contributed by atoms with Crippen LogP contribution in [0.25, 0.3) is 0 Å². The van der Waals surface area contributed by atoms with E-state index in [1.165, 1.54) is 19.3 Å². The molecule has 0 unspecified atom stereocenters. The Morgan fingerprint density at radius 1 is 1.50 bits per heavy atom. The molecule has 5 nitrogen and oxygen atoms in total. The van der Waals surface area contributed by atoms with E-state index in [1.54, 1.807) is 7.11 Å². The third kappa shape index (κ3) is 1.48. The summed E-state index contributed by atoms with van der Waals surface area (Å²) < 4.78 is 7.27. The number of rotatable bonds is 4. The summed E-state index contributed by atoms with van der Waals surface area (Å²) in [5, 5.41) is 8.08. The van der Waals surface area contributed by atoms with Gasteiger partial charge in [0.25, 0.3) is 0 Å². The van der Waals surface area contributed by atoms with Crippen LogP contribution in [0, 0.1) is 0 Å². The average Bonchev–Trinajstić information content (AvgIpc) is 2.47. The second kappa shape index (κ2) is 3.96. The molecule has 0 aliphatic heterocycles. The Labute approximate surface area is 83.3 Å². The first-order chi connectivity index (χ1) is 6.86. The van der Waals surface area contributed by atoms with Gasteiger partial charge in [-0.25, -0.2) is 0 Å². The molecule has 0 atom stereocenters. The number of aromatic nitrogens is 3. The van der Waals surface area contributed by atoms with Crippen LogP contribution in [0.4, 0.5) is 0 Å². The van der Waals surface area contributed by atoms with Gasteiger partial charge in [-0.15, -0.1) is 5.10 Å². The summed E-state index contributed by atoms with van der Waals surface area (Å²) >= 11 is 0. The van der Waals surface area contributed by atoms with Crippen LogP contribution in [0.15, 0.2) is 0 Å². The number of hydrogen-bond donors (Lipinski definition) is 1. The lowest BCUT2D eigenvalue weighted by Crippen LogP contribution is -2.21. The van der Waals surface area contributed by atoms with Gasteiger partial charge in [0.1, 0.15) is 5.82 Å². The quantitative estimate of drug-likeness (QED) is 0.762. The van der Waals surface area contributed by atoms with E-state index >= 15 is 0 Å². The zero-order valence-electron chi connectivity index (χ0n) is 8.44. The molecule has 2 N–H and O–H groups in total. The minimum absolute atomic E-state index is 0.529. The Balaban J connectivity index is 2.25. The van der Waals surface area contributed by atoms with Gasteiger partial charge in [0.05, 0.1) is 7.11 Å². The molecule has 1 heterocycles. The standard InChI is InChI=1S/C9H16N4O/c1-14-9-12-11-8(5-6-10)13(9)7-3-2-4-7/h7H,2-6,10H2,1H3. The predicted molar refractivity (Wildman–Crippen MR) is 52.2 cm³/mol. The SMILES string of the molecule is COc1nnc(CCN)n1C1CCC1. The molecule has 78 valence electrons. The van der Waals surface area contributed by atoms with Gasteiger partial charge >= 0.3 is 6.01 Å². The zero-order chi connectivity index (χ0) is 9.97. The Kier molecular flexibility index (Phi) is 2.67. The maximum Gasteiger partial charge on any atom is 0.316 e. The summed E-state index contributed by atoms with van der Waals surface area (Å²) in [5.41, 5.74) is 5.52. The average molecular weight is 196 g/mol. The van der Waals surface area contributed by atoms with Crippen LogP contribution in [0.3, 0.4) is 0 Å². The molecular formula is C9H16N4O. The van der Waals surface area contributed by atoms with E-state index in [-0.39, 0.29) is 0 Å². The Morgan fingerprint density at radius 2 is 2.29 bits per heavy atom. The Bertz CT molecular complexity index is 306. The Hall–Kier alpha value is -1.10. The number of hydrogen-bond acceptors (Lipinski definition) is 4. The van der Waals surface area contributed by atoms with E-state index in [0.717, 1.165) is 12.2 Å². The maximum atomic E-state index is 5.52. The topological polar surface area (TPSA) is 66.0 Å². The molecule has 14 heavy (non-hydrogen) atoms. The minimum Gasteiger partial charge on any atom is -0.467 e. The van der Waals surface area contributed by atoms with Crippen LogP contribution >= 0.6 is 0 Å². The number of nitrogens with two attached hydrogens (primary N) is 1. The van der Waals surface area contributed by atoms with E-state index in [0.29, 0.717) is 18.6 Å². The van der Waals surface area contributed by atoms with Crippen molar-refractivity contribution in [2.75, 3.05) is 13.7 Å². The smallest absolute Gasteiger partial charge is 0.316 e. The highest BCUT2D eigenvalue weighted by Gasteiger charge is 2.25. The second-order valence-corrected chi connectivity index (χ2v) is 3.60. The maximum absolute atomic E-state index is 5.52. The van der Waals surface area contributed by atoms with Crippen molar-refractivity contribution in [3.05, 3.63) is 5.82 Å². The molecule has 0 saturated heterocycles. The molecule has 0 amide bonds. The van der Waals surface area contributed by atoms with Crippen molar-refractivity contribution in [2.45, 2.75) is 31.7 Å². The van der Waals surface area contributed by atoms with Gasteiger partial charge in [0.2, 0.25) is 0 Å². The molecule has 1 fully saturated rings. The Morgan fingerprint density at radius 3 is 2.79 bits per heavy atom. The first-order valence-corrected chi connectivity index (χ1v) is 5.04. The molecule has 1 aromatic heterocycles. The fraction of sp³-hybridized carbons (Fsp3) is 0.778. The number of methoxy groups -OCH3 is 1. The van der Waals surface area contributed by atoms with Gasteiger partial charge in [0.15, 0.2) is 0 Å². The number of nitrogens with zero attached hydrogens (tertiary/aromatic N) is 3. The van der Waals surface area contributed by atoms with Crippen molar-refractivity contribution >= 4 is 0 Å². The second-order valence-electron chi connectivity index (χ2n) is 3.60. The third-order valence-corrected chi connectivity index (χ3v) is 2.73. The first kappa shape index (κ1) is 9.45.